The summed E-state index contributed by atoms with van der Waals surface area (Å²) in [6.07, 6.45) is 3.17. The fraction of sp³-hybridized carbons (Fsp3) is 0.0417. The average molecular weight is 508 g/mol. The molecule has 1 aliphatic heterocycles. The molecule has 0 aromatic heterocycles. The van der Waals surface area contributed by atoms with Crippen molar-refractivity contribution in [2.75, 3.05) is 11.6 Å². The molecular formula is C24H17IN2O3. The number of hydrogen-bond donors (Lipinski definition) is 0. The van der Waals surface area contributed by atoms with Gasteiger partial charge in [0, 0.05) is 9.65 Å². The summed E-state index contributed by atoms with van der Waals surface area (Å²) in [6.45, 7) is -0.162. The molecule has 0 saturated carbocycles. The second kappa shape index (κ2) is 8.62. The van der Waals surface area contributed by atoms with Gasteiger partial charge in [0.2, 0.25) is 0 Å². The van der Waals surface area contributed by atoms with Crippen LogP contribution in [0.1, 0.15) is 26.3 Å². The van der Waals surface area contributed by atoms with E-state index in [1.165, 1.54) is 11.0 Å². The van der Waals surface area contributed by atoms with Gasteiger partial charge in [-0.2, -0.15) is 0 Å². The molecule has 4 rings (SSSR count). The highest BCUT2D eigenvalue weighted by Gasteiger charge is 2.37. The largest absolute Gasteiger partial charge is 0.289 e. The molecule has 1 heterocycles. The van der Waals surface area contributed by atoms with Gasteiger partial charge in [0.1, 0.15) is 6.67 Å². The van der Waals surface area contributed by atoms with E-state index in [1.54, 1.807) is 36.4 Å². The van der Waals surface area contributed by atoms with E-state index in [2.05, 4.69) is 22.6 Å². The predicted molar refractivity (Wildman–Crippen MR) is 124 cm³/mol. The summed E-state index contributed by atoms with van der Waals surface area (Å²) in [5, 5.41) is 0. The number of anilines is 1. The highest BCUT2D eigenvalue weighted by molar-refractivity contribution is 14.1. The van der Waals surface area contributed by atoms with E-state index in [1.807, 2.05) is 48.5 Å². The summed E-state index contributed by atoms with van der Waals surface area (Å²) < 4.78 is 0.841. The van der Waals surface area contributed by atoms with Gasteiger partial charge in [0.25, 0.3) is 17.7 Å². The number of benzene rings is 3. The number of carbonyl (C=O) groups excluding carboxylic acids is 3. The van der Waals surface area contributed by atoms with Crippen LogP contribution in [0.15, 0.2) is 84.9 Å². The molecule has 3 aromatic rings. The lowest BCUT2D eigenvalue weighted by Crippen LogP contribution is -2.44. The molecule has 30 heavy (non-hydrogen) atoms. The van der Waals surface area contributed by atoms with Gasteiger partial charge in [-0.3, -0.25) is 24.2 Å². The third kappa shape index (κ3) is 3.91. The molecule has 0 N–H and O–H groups in total. The first-order valence-electron chi connectivity index (χ1n) is 9.30. The van der Waals surface area contributed by atoms with Crippen molar-refractivity contribution in [2.45, 2.75) is 0 Å². The minimum absolute atomic E-state index is 0.162. The molecule has 0 atom stereocenters. The average Bonchev–Trinajstić information content (AvgIpc) is 3.02. The molecule has 0 spiro atoms. The minimum atomic E-state index is -0.397. The monoisotopic (exact) mass is 508 g/mol. The Balaban J connectivity index is 1.66. The van der Waals surface area contributed by atoms with Crippen LogP contribution in [0, 0.1) is 3.57 Å². The van der Waals surface area contributed by atoms with Crippen LogP contribution in [0.3, 0.4) is 0 Å². The van der Waals surface area contributed by atoms with Crippen molar-refractivity contribution in [3.63, 3.8) is 0 Å². The van der Waals surface area contributed by atoms with E-state index in [0.29, 0.717) is 16.8 Å². The van der Waals surface area contributed by atoms with Gasteiger partial charge >= 0.3 is 0 Å². The molecule has 6 heteroatoms. The number of amides is 3. The van der Waals surface area contributed by atoms with E-state index >= 15 is 0 Å². The lowest BCUT2D eigenvalue weighted by molar-refractivity contribution is -0.114. The van der Waals surface area contributed by atoms with E-state index in [9.17, 15) is 14.4 Å². The maximum atomic E-state index is 13.1. The number of fused-ring (bicyclic) bond motifs is 1. The van der Waals surface area contributed by atoms with Gasteiger partial charge in [-0.05, 0) is 58.5 Å². The van der Waals surface area contributed by atoms with Gasteiger partial charge in [-0.1, -0.05) is 54.6 Å². The standard InChI is InChI=1S/C24H17IN2O3/c25-20-12-6-7-13-21(20)26(22(28)15-14-17-8-2-1-3-9-17)16-27-23(29)18-10-4-5-11-19(18)24(27)30/h1-15H,16H2/b15-14+. The molecule has 0 fully saturated rings. The molecule has 0 bridgehead atoms. The molecule has 3 aromatic carbocycles. The summed E-state index contributed by atoms with van der Waals surface area (Å²) >= 11 is 2.14. The SMILES string of the molecule is O=C1c2ccccc2C(=O)N1CN(C(=O)/C=C/c1ccccc1)c1ccccc1I. The van der Waals surface area contributed by atoms with Crippen LogP contribution in [-0.2, 0) is 4.79 Å². The summed E-state index contributed by atoms with van der Waals surface area (Å²) in [7, 11) is 0. The molecule has 3 amide bonds. The highest BCUT2D eigenvalue weighted by Crippen LogP contribution is 2.27. The summed E-state index contributed by atoms with van der Waals surface area (Å²) in [4.78, 5) is 41.3. The van der Waals surface area contributed by atoms with Crippen molar-refractivity contribution in [3.05, 3.63) is 105 Å². The quantitative estimate of drug-likeness (QED) is 0.288. The van der Waals surface area contributed by atoms with Crippen LogP contribution in [-0.4, -0.2) is 29.3 Å². The maximum absolute atomic E-state index is 13.1. The normalized spacial score (nSPS) is 13.0. The van der Waals surface area contributed by atoms with Gasteiger partial charge in [-0.15, -0.1) is 0 Å². The molecular weight excluding hydrogens is 491 g/mol. The van der Waals surface area contributed by atoms with Crippen molar-refractivity contribution < 1.29 is 14.4 Å². The zero-order chi connectivity index (χ0) is 21.1. The fourth-order valence-corrected chi connectivity index (χ4v) is 3.94. The topological polar surface area (TPSA) is 57.7 Å². The Labute approximate surface area is 187 Å². The van der Waals surface area contributed by atoms with Crippen molar-refractivity contribution in [1.29, 1.82) is 0 Å². The van der Waals surface area contributed by atoms with Crippen molar-refractivity contribution in [2.24, 2.45) is 0 Å². The van der Waals surface area contributed by atoms with Crippen LogP contribution < -0.4 is 4.90 Å². The zero-order valence-electron chi connectivity index (χ0n) is 15.9. The summed E-state index contributed by atoms with van der Waals surface area (Å²) in [6, 6.07) is 23.5. The van der Waals surface area contributed by atoms with E-state index < -0.39 is 11.8 Å². The number of halogens is 1. The van der Waals surface area contributed by atoms with Crippen molar-refractivity contribution in [3.8, 4) is 0 Å². The number of rotatable bonds is 5. The molecule has 1 aliphatic rings. The van der Waals surface area contributed by atoms with Gasteiger partial charge in [-0.25, -0.2) is 0 Å². The molecule has 0 radical (unpaired) electrons. The number of para-hydroxylation sites is 1. The lowest BCUT2D eigenvalue weighted by Gasteiger charge is -2.27. The fourth-order valence-electron chi connectivity index (χ4n) is 3.27. The minimum Gasteiger partial charge on any atom is -0.289 e. The van der Waals surface area contributed by atoms with E-state index in [-0.39, 0.29) is 12.6 Å². The molecule has 0 unspecified atom stereocenters. The predicted octanol–water partition coefficient (Wildman–Crippen LogP) is 4.59. The summed E-state index contributed by atoms with van der Waals surface area (Å²) in [5.41, 5.74) is 2.24. The Morgan fingerprint density at radius 3 is 2.03 bits per heavy atom. The number of nitrogens with zero attached hydrogens (tertiary/aromatic N) is 2. The smallest absolute Gasteiger partial charge is 0.263 e. The third-order valence-electron chi connectivity index (χ3n) is 4.79. The van der Waals surface area contributed by atoms with Crippen LogP contribution in [0.2, 0.25) is 0 Å². The zero-order valence-corrected chi connectivity index (χ0v) is 18.0. The Bertz CT molecular complexity index is 1120. The third-order valence-corrected chi connectivity index (χ3v) is 5.70. The van der Waals surface area contributed by atoms with E-state index in [4.69, 9.17) is 0 Å². The first-order chi connectivity index (χ1) is 14.6. The number of imide groups is 1. The maximum Gasteiger partial charge on any atom is 0.263 e. The Kier molecular flexibility index (Phi) is 5.76. The Morgan fingerprint density at radius 1 is 0.833 bits per heavy atom. The molecule has 0 aliphatic carbocycles. The first-order valence-corrected chi connectivity index (χ1v) is 10.4. The Hall–Kier alpha value is -3.26. The van der Waals surface area contributed by atoms with Crippen LogP contribution >= 0.6 is 22.6 Å². The van der Waals surface area contributed by atoms with Crippen LogP contribution in [0.25, 0.3) is 6.08 Å². The van der Waals surface area contributed by atoms with Crippen molar-refractivity contribution in [1.82, 2.24) is 4.90 Å². The second-order valence-corrected chi connectivity index (χ2v) is 7.85. The number of hydrogen-bond acceptors (Lipinski definition) is 3. The van der Waals surface area contributed by atoms with E-state index in [0.717, 1.165) is 14.0 Å². The molecule has 148 valence electrons. The highest BCUT2D eigenvalue weighted by atomic mass is 127. The Morgan fingerprint density at radius 2 is 1.40 bits per heavy atom. The second-order valence-electron chi connectivity index (χ2n) is 6.69. The van der Waals surface area contributed by atoms with Crippen molar-refractivity contribution >= 4 is 52.1 Å². The first kappa shape index (κ1) is 20.0. The number of carbonyl (C=O) groups is 3. The van der Waals surface area contributed by atoms with Gasteiger partial charge in [0.05, 0.1) is 16.8 Å². The lowest BCUT2D eigenvalue weighted by atomic mass is 10.1. The van der Waals surface area contributed by atoms with Crippen LogP contribution in [0.4, 0.5) is 5.69 Å². The van der Waals surface area contributed by atoms with Gasteiger partial charge < -0.3 is 0 Å². The van der Waals surface area contributed by atoms with Gasteiger partial charge in [0.15, 0.2) is 0 Å². The van der Waals surface area contributed by atoms with Crippen LogP contribution in [0.5, 0.6) is 0 Å². The molecule has 0 saturated heterocycles. The summed E-state index contributed by atoms with van der Waals surface area (Å²) in [5.74, 6) is -1.11. The molecule has 5 nitrogen and oxygen atoms in total.